The number of ether oxygens (including phenoxy) is 2. The first-order chi connectivity index (χ1) is 29.0. The second-order valence-corrected chi connectivity index (χ2v) is 17.8. The summed E-state index contributed by atoms with van der Waals surface area (Å²) < 4.78 is 33.8. The third-order valence-corrected chi connectivity index (χ3v) is 10.4. The average Bonchev–Trinajstić information content (AvgIpc) is 3.20. The molecule has 0 fully saturated rings. The minimum Gasteiger partial charge on any atom is -0.756 e. The summed E-state index contributed by atoms with van der Waals surface area (Å²) in [6.07, 6.45) is 53.4. The summed E-state index contributed by atoms with van der Waals surface area (Å²) in [7, 11) is 1.11. The highest BCUT2D eigenvalue weighted by molar-refractivity contribution is 7.45. The number of unbranched alkanes of at least 4 members (excludes halogenated alkanes) is 13. The standard InChI is InChI=1S/C50H86NO8P/c1-6-8-10-12-14-16-18-20-22-23-24-25-26-27-29-31-33-35-37-39-41-43-50(53)59-48(47-58-60(54,55)57-45-44-51(3,4)5)46-56-49(52)42-40-38-36-34-32-30-28-21-19-17-15-13-11-9-7-2/h9,11,15,17,21-23,25-26,28-29,31,35,37,48H,6-8,10,12-14,16,18-20,24,27,30,32-34,36,38-47H2,1-5H3/b11-9+,17-15+,23-22+,26-25+,28-21+,31-29+,37-35+/t48-/m1/s1. The predicted molar refractivity (Wildman–Crippen MR) is 249 cm³/mol. The number of nitrogens with zero attached hydrogens (tertiary/aromatic N) is 1. The highest BCUT2D eigenvalue weighted by atomic mass is 31.2. The van der Waals surface area contributed by atoms with E-state index in [0.717, 1.165) is 70.6 Å². The molecule has 0 saturated heterocycles. The Bertz CT molecular complexity index is 1290. The number of rotatable bonds is 41. The minimum absolute atomic E-state index is 0.0485. The van der Waals surface area contributed by atoms with E-state index >= 15 is 0 Å². The molecule has 0 aromatic carbocycles. The quantitative estimate of drug-likeness (QED) is 0.0196. The Labute approximate surface area is 367 Å². The third-order valence-electron chi connectivity index (χ3n) is 9.40. The number of esters is 2. The van der Waals surface area contributed by atoms with E-state index in [4.69, 9.17) is 18.5 Å². The number of hydrogen-bond acceptors (Lipinski definition) is 8. The van der Waals surface area contributed by atoms with E-state index in [0.29, 0.717) is 30.3 Å². The van der Waals surface area contributed by atoms with Crippen molar-refractivity contribution in [3.05, 3.63) is 85.1 Å². The summed E-state index contributed by atoms with van der Waals surface area (Å²) in [6.45, 7) is 4.01. The van der Waals surface area contributed by atoms with Gasteiger partial charge in [0.15, 0.2) is 6.10 Å². The Hall–Kier alpha value is -2.81. The molecular formula is C50H86NO8P. The number of phosphoric ester groups is 1. The number of carbonyl (C=O) groups excluding carboxylic acids is 2. The van der Waals surface area contributed by atoms with Gasteiger partial charge in [0.25, 0.3) is 7.82 Å². The molecule has 0 aliphatic heterocycles. The molecule has 0 heterocycles. The number of likely N-dealkylation sites (N-methyl/N-ethyl adjacent to an activating group) is 1. The maximum Gasteiger partial charge on any atom is 0.306 e. The smallest absolute Gasteiger partial charge is 0.306 e. The second kappa shape index (κ2) is 41.5. The van der Waals surface area contributed by atoms with E-state index in [1.807, 2.05) is 27.2 Å². The van der Waals surface area contributed by atoms with Gasteiger partial charge in [0.2, 0.25) is 0 Å². The van der Waals surface area contributed by atoms with Crippen LogP contribution in [0.15, 0.2) is 85.1 Å². The predicted octanol–water partition coefficient (Wildman–Crippen LogP) is 12.9. The fraction of sp³-hybridized carbons (Fsp3) is 0.680. The van der Waals surface area contributed by atoms with Crippen molar-refractivity contribution in [1.82, 2.24) is 0 Å². The first-order valence-corrected chi connectivity index (χ1v) is 24.8. The van der Waals surface area contributed by atoms with E-state index in [2.05, 4.69) is 92.8 Å². The average molecular weight is 860 g/mol. The third kappa shape index (κ3) is 44.7. The van der Waals surface area contributed by atoms with E-state index in [-0.39, 0.29) is 26.1 Å². The topological polar surface area (TPSA) is 111 Å². The molecule has 0 aliphatic carbocycles. The van der Waals surface area contributed by atoms with E-state index in [1.54, 1.807) is 0 Å². The van der Waals surface area contributed by atoms with Crippen LogP contribution in [0.3, 0.4) is 0 Å². The number of hydrogen-bond donors (Lipinski definition) is 0. The van der Waals surface area contributed by atoms with Crippen molar-refractivity contribution >= 4 is 19.8 Å². The Kier molecular flexibility index (Phi) is 39.6. The molecule has 60 heavy (non-hydrogen) atoms. The molecule has 0 aromatic heterocycles. The van der Waals surface area contributed by atoms with Gasteiger partial charge in [0.05, 0.1) is 27.7 Å². The first-order valence-electron chi connectivity index (χ1n) is 23.3. The molecule has 0 bridgehead atoms. The molecule has 0 saturated carbocycles. The van der Waals surface area contributed by atoms with Gasteiger partial charge in [-0.15, -0.1) is 0 Å². The highest BCUT2D eigenvalue weighted by Gasteiger charge is 2.21. The van der Waals surface area contributed by atoms with Crippen molar-refractivity contribution < 1.29 is 42.1 Å². The zero-order valence-corrected chi connectivity index (χ0v) is 39.5. The summed E-state index contributed by atoms with van der Waals surface area (Å²) >= 11 is 0. The number of carbonyl (C=O) groups is 2. The molecule has 9 nitrogen and oxygen atoms in total. The van der Waals surface area contributed by atoms with Gasteiger partial charge in [-0.05, 0) is 83.5 Å². The van der Waals surface area contributed by atoms with Crippen LogP contribution in [0.5, 0.6) is 0 Å². The van der Waals surface area contributed by atoms with Gasteiger partial charge in [-0.1, -0.05) is 157 Å². The molecule has 2 atom stereocenters. The molecule has 10 heteroatoms. The SMILES string of the molecule is CC/C=C/C/C=C/C/C=C/CCCCCCCC(=O)OC[C@H](COP(=O)([O-])OCC[N+](C)(C)C)OC(=O)CCC/C=C/C/C=C/C/C=C/C/C=C/CCCCCCCCC. The lowest BCUT2D eigenvalue weighted by Gasteiger charge is -2.28. The van der Waals surface area contributed by atoms with Crippen molar-refractivity contribution in [3.63, 3.8) is 0 Å². The van der Waals surface area contributed by atoms with Crippen molar-refractivity contribution in [2.24, 2.45) is 0 Å². The van der Waals surface area contributed by atoms with Crippen molar-refractivity contribution in [2.75, 3.05) is 47.5 Å². The van der Waals surface area contributed by atoms with Gasteiger partial charge in [0, 0.05) is 12.8 Å². The van der Waals surface area contributed by atoms with Crippen molar-refractivity contribution in [3.8, 4) is 0 Å². The summed E-state index contributed by atoms with van der Waals surface area (Å²) in [5.74, 6) is -0.927. The number of phosphoric acid groups is 1. The molecule has 344 valence electrons. The van der Waals surface area contributed by atoms with Crippen LogP contribution in [0.25, 0.3) is 0 Å². The summed E-state index contributed by atoms with van der Waals surface area (Å²) in [4.78, 5) is 37.6. The van der Waals surface area contributed by atoms with Crippen LogP contribution < -0.4 is 4.89 Å². The second-order valence-electron chi connectivity index (χ2n) is 16.4. The van der Waals surface area contributed by atoms with Crippen LogP contribution in [0.4, 0.5) is 0 Å². The molecule has 0 rings (SSSR count). The summed E-state index contributed by atoms with van der Waals surface area (Å²) in [6, 6.07) is 0. The van der Waals surface area contributed by atoms with Crippen LogP contribution in [0, 0.1) is 0 Å². The Morgan fingerprint density at radius 2 is 0.967 bits per heavy atom. The zero-order valence-electron chi connectivity index (χ0n) is 38.6. The van der Waals surface area contributed by atoms with Gasteiger partial charge in [-0.3, -0.25) is 14.2 Å². The monoisotopic (exact) mass is 860 g/mol. The highest BCUT2D eigenvalue weighted by Crippen LogP contribution is 2.38. The Balaban J connectivity index is 4.46. The number of allylic oxidation sites excluding steroid dienone is 14. The van der Waals surface area contributed by atoms with Crippen LogP contribution >= 0.6 is 7.82 Å². The normalized spacial score (nSPS) is 14.3. The molecule has 1 unspecified atom stereocenters. The van der Waals surface area contributed by atoms with Crippen LogP contribution in [0.2, 0.25) is 0 Å². The van der Waals surface area contributed by atoms with Gasteiger partial charge in [0.1, 0.15) is 19.8 Å². The fourth-order valence-corrected chi connectivity index (χ4v) is 6.51. The maximum absolute atomic E-state index is 12.7. The lowest BCUT2D eigenvalue weighted by Crippen LogP contribution is -2.37. The van der Waals surface area contributed by atoms with Crippen LogP contribution in [-0.4, -0.2) is 70.0 Å². The van der Waals surface area contributed by atoms with Gasteiger partial charge < -0.3 is 27.9 Å². The lowest BCUT2D eigenvalue weighted by atomic mass is 10.1. The van der Waals surface area contributed by atoms with Crippen LogP contribution in [-0.2, 0) is 32.7 Å². The number of quaternary nitrogens is 1. The van der Waals surface area contributed by atoms with Gasteiger partial charge >= 0.3 is 11.9 Å². The molecule has 0 spiro atoms. The maximum atomic E-state index is 12.7. The molecule has 0 radical (unpaired) electrons. The first kappa shape index (κ1) is 57.2. The van der Waals surface area contributed by atoms with E-state index < -0.39 is 32.5 Å². The summed E-state index contributed by atoms with van der Waals surface area (Å²) in [5, 5.41) is 0. The minimum atomic E-state index is -4.65. The lowest BCUT2D eigenvalue weighted by molar-refractivity contribution is -0.870. The van der Waals surface area contributed by atoms with Gasteiger partial charge in [-0.25, -0.2) is 0 Å². The van der Waals surface area contributed by atoms with E-state index in [9.17, 15) is 19.0 Å². The fourth-order valence-electron chi connectivity index (χ4n) is 5.78. The van der Waals surface area contributed by atoms with Crippen molar-refractivity contribution in [2.45, 2.75) is 174 Å². The largest absolute Gasteiger partial charge is 0.756 e. The molecular weight excluding hydrogens is 774 g/mol. The van der Waals surface area contributed by atoms with Crippen LogP contribution in [0.1, 0.15) is 168 Å². The summed E-state index contributed by atoms with van der Waals surface area (Å²) in [5.41, 5.74) is 0. The van der Waals surface area contributed by atoms with Gasteiger partial charge in [-0.2, -0.15) is 0 Å². The molecule has 0 aliphatic rings. The molecule has 0 aromatic rings. The Morgan fingerprint density at radius 1 is 0.533 bits per heavy atom. The molecule has 0 amide bonds. The van der Waals surface area contributed by atoms with E-state index in [1.165, 1.54) is 51.4 Å². The molecule has 0 N–H and O–H groups in total. The Morgan fingerprint density at radius 3 is 1.47 bits per heavy atom. The zero-order chi connectivity index (χ0) is 44.3. The van der Waals surface area contributed by atoms with Crippen molar-refractivity contribution in [1.29, 1.82) is 0 Å².